The maximum atomic E-state index is 11.2. The Bertz CT molecular complexity index is 236. The highest BCUT2D eigenvalue weighted by molar-refractivity contribution is 5.76. The molecule has 0 aromatic carbocycles. The maximum Gasteiger partial charge on any atom is 0.334 e. The van der Waals surface area contributed by atoms with Gasteiger partial charge in [-0.15, -0.1) is 0 Å². The number of ether oxygens (including phenoxy) is 1. The van der Waals surface area contributed by atoms with Crippen LogP contribution >= 0.6 is 0 Å². The van der Waals surface area contributed by atoms with Crippen LogP contribution in [0.5, 0.6) is 0 Å². The lowest BCUT2D eigenvalue weighted by molar-refractivity contribution is -0.147. The van der Waals surface area contributed by atoms with E-state index in [-0.39, 0.29) is 12.6 Å². The summed E-state index contributed by atoms with van der Waals surface area (Å²) >= 11 is 0. The molecule has 1 atom stereocenters. The van der Waals surface area contributed by atoms with Crippen molar-refractivity contribution in [2.45, 2.75) is 19.4 Å². The molecule has 0 aromatic heterocycles. The fraction of sp³-hybridized carbons (Fsp3) is 0.800. The molecule has 7 heteroatoms. The summed E-state index contributed by atoms with van der Waals surface area (Å²) in [6.45, 7) is 4.25. The number of nitrogens with one attached hydrogen (secondary N) is 3. The summed E-state index contributed by atoms with van der Waals surface area (Å²) in [6.07, 6.45) is -0.184. The number of carbonyl (C=O) groups is 2. The van der Waals surface area contributed by atoms with Crippen molar-refractivity contribution in [3.05, 3.63) is 0 Å². The van der Waals surface area contributed by atoms with Gasteiger partial charge in [-0.1, -0.05) is 6.92 Å². The van der Waals surface area contributed by atoms with Crippen molar-refractivity contribution < 1.29 is 19.4 Å². The van der Waals surface area contributed by atoms with Gasteiger partial charge in [-0.3, -0.25) is 0 Å². The first-order chi connectivity index (χ1) is 8.11. The lowest BCUT2D eigenvalue weighted by Gasteiger charge is -2.12. The van der Waals surface area contributed by atoms with Gasteiger partial charge in [0.15, 0.2) is 6.10 Å². The van der Waals surface area contributed by atoms with Crippen LogP contribution in [0.2, 0.25) is 0 Å². The van der Waals surface area contributed by atoms with Gasteiger partial charge in [0.25, 0.3) is 0 Å². The number of rotatable bonds is 9. The summed E-state index contributed by atoms with van der Waals surface area (Å²) in [6, 6.07) is -0.384. The van der Waals surface area contributed by atoms with E-state index in [9.17, 15) is 9.59 Å². The zero-order valence-electron chi connectivity index (χ0n) is 10.3. The molecule has 0 heterocycles. The van der Waals surface area contributed by atoms with Gasteiger partial charge in [-0.25, -0.2) is 9.59 Å². The van der Waals surface area contributed by atoms with Gasteiger partial charge >= 0.3 is 12.0 Å². The average Bonchev–Trinajstić information content (AvgIpc) is 2.29. The van der Waals surface area contributed by atoms with E-state index >= 15 is 0 Å². The molecule has 0 radical (unpaired) electrons. The van der Waals surface area contributed by atoms with Gasteiger partial charge in [-0.05, 0) is 19.5 Å². The van der Waals surface area contributed by atoms with Crippen LogP contribution in [0.4, 0.5) is 4.79 Å². The first kappa shape index (κ1) is 15.7. The van der Waals surface area contributed by atoms with E-state index < -0.39 is 12.1 Å². The lowest BCUT2D eigenvalue weighted by Crippen LogP contribution is -2.43. The molecule has 0 spiro atoms. The average molecular weight is 247 g/mol. The Morgan fingerprint density at radius 1 is 1.29 bits per heavy atom. The number of carbonyl (C=O) groups excluding carboxylic acids is 1. The van der Waals surface area contributed by atoms with E-state index in [1.807, 2.05) is 6.92 Å². The van der Waals surface area contributed by atoms with Crippen molar-refractivity contribution in [3.63, 3.8) is 0 Å². The third kappa shape index (κ3) is 8.47. The summed E-state index contributed by atoms with van der Waals surface area (Å²) in [4.78, 5) is 21.8. The van der Waals surface area contributed by atoms with E-state index in [4.69, 9.17) is 5.11 Å². The van der Waals surface area contributed by atoms with Crippen LogP contribution < -0.4 is 16.0 Å². The van der Waals surface area contributed by atoms with Crippen molar-refractivity contribution in [2.75, 3.05) is 33.3 Å². The minimum atomic E-state index is -1.10. The summed E-state index contributed by atoms with van der Waals surface area (Å²) in [5.74, 6) is -1.10. The molecule has 100 valence electrons. The quantitative estimate of drug-likeness (QED) is 0.407. The number of urea groups is 1. The van der Waals surface area contributed by atoms with E-state index in [0.29, 0.717) is 6.54 Å². The molecule has 0 fully saturated rings. The van der Waals surface area contributed by atoms with E-state index in [1.54, 1.807) is 0 Å². The number of methoxy groups -OCH3 is 1. The molecule has 4 N–H and O–H groups in total. The van der Waals surface area contributed by atoms with Crippen molar-refractivity contribution in [1.29, 1.82) is 0 Å². The largest absolute Gasteiger partial charge is 0.479 e. The predicted molar refractivity (Wildman–Crippen MR) is 63.0 cm³/mol. The maximum absolute atomic E-state index is 11.2. The molecule has 2 amide bonds. The highest BCUT2D eigenvalue weighted by atomic mass is 16.5. The summed E-state index contributed by atoms with van der Waals surface area (Å²) in [5, 5.41) is 16.8. The van der Waals surface area contributed by atoms with Crippen LogP contribution in [0.3, 0.4) is 0 Å². The van der Waals surface area contributed by atoms with Crippen molar-refractivity contribution >= 4 is 12.0 Å². The van der Waals surface area contributed by atoms with Crippen LogP contribution in [0.1, 0.15) is 13.3 Å². The molecule has 0 aliphatic carbocycles. The minimum Gasteiger partial charge on any atom is -0.479 e. The molecule has 0 aromatic rings. The van der Waals surface area contributed by atoms with Gasteiger partial charge < -0.3 is 25.8 Å². The minimum absolute atomic E-state index is 0.0507. The van der Waals surface area contributed by atoms with E-state index in [2.05, 4.69) is 20.7 Å². The van der Waals surface area contributed by atoms with Gasteiger partial charge in [0, 0.05) is 13.7 Å². The third-order valence-electron chi connectivity index (χ3n) is 2.07. The zero-order valence-corrected chi connectivity index (χ0v) is 10.3. The molecule has 7 nitrogen and oxygen atoms in total. The molecule has 0 saturated heterocycles. The van der Waals surface area contributed by atoms with E-state index in [0.717, 1.165) is 19.5 Å². The molecule has 0 aliphatic heterocycles. The highest BCUT2D eigenvalue weighted by Gasteiger charge is 2.16. The number of amides is 2. The molecule has 1 unspecified atom stereocenters. The van der Waals surface area contributed by atoms with Crippen LogP contribution in [0.15, 0.2) is 0 Å². The summed E-state index contributed by atoms with van der Waals surface area (Å²) in [7, 11) is 1.29. The zero-order chi connectivity index (χ0) is 13.1. The van der Waals surface area contributed by atoms with Crippen LogP contribution in [0, 0.1) is 0 Å². The fourth-order valence-corrected chi connectivity index (χ4v) is 1.11. The van der Waals surface area contributed by atoms with Crippen molar-refractivity contribution in [3.8, 4) is 0 Å². The number of hydrogen-bond acceptors (Lipinski definition) is 4. The van der Waals surface area contributed by atoms with Gasteiger partial charge in [0.1, 0.15) is 0 Å². The molecule has 0 aliphatic rings. The van der Waals surface area contributed by atoms with Crippen molar-refractivity contribution in [2.24, 2.45) is 0 Å². The predicted octanol–water partition coefficient (Wildman–Crippen LogP) is -0.615. The standard InChI is InChI=1S/C10H21N3O4/c1-3-11-5-4-6-12-10(16)13-7-8(17-2)9(14)15/h8,11H,3-7H2,1-2H3,(H,14,15)(H2,12,13,16). The molecular weight excluding hydrogens is 226 g/mol. The number of aliphatic carboxylic acids is 1. The smallest absolute Gasteiger partial charge is 0.334 e. The second kappa shape index (κ2) is 9.86. The van der Waals surface area contributed by atoms with Gasteiger partial charge in [0.05, 0.1) is 6.54 Å². The molecule has 0 rings (SSSR count). The second-order valence-electron chi connectivity index (χ2n) is 3.41. The van der Waals surface area contributed by atoms with Crippen molar-refractivity contribution in [1.82, 2.24) is 16.0 Å². The highest BCUT2D eigenvalue weighted by Crippen LogP contribution is 1.87. The molecular formula is C10H21N3O4. The van der Waals surface area contributed by atoms with Gasteiger partial charge in [0.2, 0.25) is 0 Å². The van der Waals surface area contributed by atoms with Gasteiger partial charge in [-0.2, -0.15) is 0 Å². The second-order valence-corrected chi connectivity index (χ2v) is 3.41. The Hall–Kier alpha value is -1.34. The monoisotopic (exact) mass is 247 g/mol. The van der Waals surface area contributed by atoms with E-state index in [1.165, 1.54) is 7.11 Å². The van der Waals surface area contributed by atoms with Crippen LogP contribution in [-0.4, -0.2) is 56.5 Å². The summed E-state index contributed by atoms with van der Waals surface area (Å²) < 4.78 is 4.67. The molecule has 0 bridgehead atoms. The topological polar surface area (TPSA) is 99.7 Å². The Labute approximate surface area is 101 Å². The first-order valence-corrected chi connectivity index (χ1v) is 5.59. The number of hydrogen-bond donors (Lipinski definition) is 4. The summed E-state index contributed by atoms with van der Waals surface area (Å²) in [5.41, 5.74) is 0. The Morgan fingerprint density at radius 2 is 2.00 bits per heavy atom. The van der Waals surface area contributed by atoms with Crippen LogP contribution in [-0.2, 0) is 9.53 Å². The molecule has 17 heavy (non-hydrogen) atoms. The fourth-order valence-electron chi connectivity index (χ4n) is 1.11. The third-order valence-corrected chi connectivity index (χ3v) is 2.07. The number of carboxylic acid groups (broad SMARTS) is 1. The Balaban J connectivity index is 3.55. The Kier molecular flexibility index (Phi) is 9.08. The number of carboxylic acids is 1. The van der Waals surface area contributed by atoms with Crippen LogP contribution in [0.25, 0.3) is 0 Å². The lowest BCUT2D eigenvalue weighted by atomic mass is 10.3. The SMILES string of the molecule is CCNCCCNC(=O)NCC(OC)C(=O)O. The normalized spacial score (nSPS) is 11.9. The molecule has 0 saturated carbocycles. The Morgan fingerprint density at radius 3 is 2.53 bits per heavy atom. The first-order valence-electron chi connectivity index (χ1n) is 5.59.